The number of hydrogen-bond acceptors (Lipinski definition) is 5. The van der Waals surface area contributed by atoms with Crippen molar-refractivity contribution in [1.82, 2.24) is 14.8 Å². The maximum atomic E-state index is 12.0. The van der Waals surface area contributed by atoms with Crippen molar-refractivity contribution in [2.45, 2.75) is 32.4 Å². The molecule has 1 atom stereocenters. The first-order chi connectivity index (χ1) is 10.4. The average Bonchev–Trinajstić information content (AvgIpc) is 2.48. The van der Waals surface area contributed by atoms with Crippen LogP contribution in [0, 0.1) is 11.3 Å². The van der Waals surface area contributed by atoms with Gasteiger partial charge in [0.25, 0.3) is 0 Å². The van der Waals surface area contributed by atoms with Gasteiger partial charge in [-0.15, -0.1) is 0 Å². The molecule has 1 aromatic heterocycles. The zero-order chi connectivity index (χ0) is 16.2. The number of carbonyl (C=O) groups excluding carboxylic acids is 1. The maximum Gasteiger partial charge on any atom is 0.410 e. The first-order valence-corrected chi connectivity index (χ1v) is 7.42. The second-order valence-electron chi connectivity index (χ2n) is 6.32. The number of aromatic nitrogens is 1. The van der Waals surface area contributed by atoms with Crippen LogP contribution in [0.15, 0.2) is 24.5 Å². The Kier molecular flexibility index (Phi) is 4.99. The summed E-state index contributed by atoms with van der Waals surface area (Å²) in [6.07, 6.45) is 3.12. The van der Waals surface area contributed by atoms with Crippen molar-refractivity contribution in [2.24, 2.45) is 0 Å². The zero-order valence-electron chi connectivity index (χ0n) is 13.3. The average molecular weight is 302 g/mol. The summed E-state index contributed by atoms with van der Waals surface area (Å²) in [5, 5.41) is 9.43. The number of rotatable bonds is 2. The molecular weight excluding hydrogens is 280 g/mol. The number of amides is 1. The second-order valence-corrected chi connectivity index (χ2v) is 6.32. The van der Waals surface area contributed by atoms with Gasteiger partial charge in [-0.1, -0.05) is 6.07 Å². The highest BCUT2D eigenvalue weighted by Gasteiger charge is 2.29. The molecule has 1 aromatic rings. The number of hydrogen-bond donors (Lipinski definition) is 0. The first kappa shape index (κ1) is 16.2. The minimum atomic E-state index is -0.487. The molecule has 1 fully saturated rings. The Bertz CT molecular complexity index is 540. The minimum absolute atomic E-state index is 0.290. The van der Waals surface area contributed by atoms with Crippen LogP contribution in [-0.4, -0.2) is 52.7 Å². The van der Waals surface area contributed by atoms with Gasteiger partial charge in [0, 0.05) is 44.1 Å². The molecule has 6 nitrogen and oxygen atoms in total. The number of carbonyl (C=O) groups is 1. The highest BCUT2D eigenvalue weighted by Crippen LogP contribution is 2.21. The Morgan fingerprint density at radius 1 is 1.36 bits per heavy atom. The Balaban J connectivity index is 1.94. The molecule has 0 N–H and O–H groups in total. The van der Waals surface area contributed by atoms with Crippen molar-refractivity contribution in [1.29, 1.82) is 5.26 Å². The first-order valence-electron chi connectivity index (χ1n) is 7.42. The van der Waals surface area contributed by atoms with E-state index in [1.54, 1.807) is 17.3 Å². The normalized spacial score (nSPS) is 17.6. The lowest BCUT2D eigenvalue weighted by Crippen LogP contribution is -2.50. The third-order valence-corrected chi connectivity index (χ3v) is 3.45. The zero-order valence-corrected chi connectivity index (χ0v) is 13.3. The van der Waals surface area contributed by atoms with Gasteiger partial charge in [-0.3, -0.25) is 9.88 Å². The van der Waals surface area contributed by atoms with E-state index >= 15 is 0 Å². The van der Waals surface area contributed by atoms with Crippen molar-refractivity contribution in [3.05, 3.63) is 30.1 Å². The van der Waals surface area contributed by atoms with E-state index in [-0.39, 0.29) is 12.1 Å². The Hall–Kier alpha value is -2.13. The van der Waals surface area contributed by atoms with Crippen LogP contribution in [0.2, 0.25) is 0 Å². The van der Waals surface area contributed by atoms with Crippen LogP contribution >= 0.6 is 0 Å². The summed E-state index contributed by atoms with van der Waals surface area (Å²) < 4.78 is 5.38. The molecule has 22 heavy (non-hydrogen) atoms. The summed E-state index contributed by atoms with van der Waals surface area (Å²) >= 11 is 0. The third-order valence-electron chi connectivity index (χ3n) is 3.45. The molecule has 0 aliphatic carbocycles. The van der Waals surface area contributed by atoms with Gasteiger partial charge >= 0.3 is 6.09 Å². The quantitative estimate of drug-likeness (QED) is 0.837. The Morgan fingerprint density at radius 2 is 2.05 bits per heavy atom. The van der Waals surface area contributed by atoms with Crippen LogP contribution in [0.5, 0.6) is 0 Å². The molecule has 0 aromatic carbocycles. The molecule has 6 heteroatoms. The smallest absolute Gasteiger partial charge is 0.410 e. The van der Waals surface area contributed by atoms with Gasteiger partial charge < -0.3 is 9.64 Å². The molecule has 118 valence electrons. The summed E-state index contributed by atoms with van der Waals surface area (Å²) in [6.45, 7) is 7.99. The predicted molar refractivity (Wildman–Crippen MR) is 82.0 cm³/mol. The van der Waals surface area contributed by atoms with Gasteiger partial charge in [-0.25, -0.2) is 4.79 Å². The summed E-state index contributed by atoms with van der Waals surface area (Å²) in [4.78, 5) is 19.9. The third kappa shape index (κ3) is 4.18. The largest absolute Gasteiger partial charge is 0.444 e. The fourth-order valence-electron chi connectivity index (χ4n) is 2.39. The van der Waals surface area contributed by atoms with E-state index in [2.05, 4.69) is 16.0 Å². The molecule has 1 amide bonds. The Labute approximate surface area is 131 Å². The lowest BCUT2D eigenvalue weighted by molar-refractivity contribution is 0.0125. The molecule has 0 radical (unpaired) electrons. The van der Waals surface area contributed by atoms with E-state index in [9.17, 15) is 10.1 Å². The van der Waals surface area contributed by atoms with Crippen LogP contribution in [-0.2, 0) is 4.74 Å². The maximum absolute atomic E-state index is 12.0. The van der Waals surface area contributed by atoms with Crippen LogP contribution in [0.4, 0.5) is 4.79 Å². The minimum Gasteiger partial charge on any atom is -0.444 e. The Morgan fingerprint density at radius 3 is 2.55 bits per heavy atom. The molecular formula is C16H22N4O2. The van der Waals surface area contributed by atoms with Crippen molar-refractivity contribution in [2.75, 3.05) is 26.2 Å². The van der Waals surface area contributed by atoms with Crippen LogP contribution in [0.3, 0.4) is 0 Å². The molecule has 1 saturated heterocycles. The van der Waals surface area contributed by atoms with Crippen LogP contribution in [0.25, 0.3) is 0 Å². The number of pyridine rings is 1. The van der Waals surface area contributed by atoms with Crippen molar-refractivity contribution in [3.8, 4) is 6.07 Å². The summed E-state index contributed by atoms with van der Waals surface area (Å²) in [5.74, 6) is 0. The molecule has 2 rings (SSSR count). The van der Waals surface area contributed by atoms with E-state index in [0.29, 0.717) is 26.2 Å². The van der Waals surface area contributed by atoms with Gasteiger partial charge in [0.1, 0.15) is 11.6 Å². The fourth-order valence-corrected chi connectivity index (χ4v) is 2.39. The fraction of sp³-hybridized carbons (Fsp3) is 0.562. The van der Waals surface area contributed by atoms with Gasteiger partial charge in [0.05, 0.1) is 6.07 Å². The van der Waals surface area contributed by atoms with E-state index in [0.717, 1.165) is 5.56 Å². The van der Waals surface area contributed by atoms with Crippen molar-refractivity contribution in [3.63, 3.8) is 0 Å². The van der Waals surface area contributed by atoms with E-state index in [1.165, 1.54) is 0 Å². The second kappa shape index (κ2) is 6.75. The molecule has 0 saturated carbocycles. The number of nitrogens with zero attached hydrogens (tertiary/aromatic N) is 4. The van der Waals surface area contributed by atoms with Gasteiger partial charge in [-0.2, -0.15) is 5.26 Å². The van der Waals surface area contributed by atoms with E-state index in [4.69, 9.17) is 4.74 Å². The highest BCUT2D eigenvalue weighted by molar-refractivity contribution is 5.68. The standard InChI is InChI=1S/C16H22N4O2/c1-16(2,3)22-15(21)20-9-7-19(8-10-20)14(11-17)13-5-4-6-18-12-13/h4-6,12,14H,7-10H2,1-3H3. The van der Waals surface area contributed by atoms with Gasteiger partial charge in [0.2, 0.25) is 0 Å². The molecule has 0 spiro atoms. The van der Waals surface area contributed by atoms with E-state index in [1.807, 2.05) is 32.9 Å². The SMILES string of the molecule is CC(C)(C)OC(=O)N1CCN(C(C#N)c2cccnc2)CC1. The molecule has 2 heterocycles. The summed E-state index contributed by atoms with van der Waals surface area (Å²) in [5.41, 5.74) is 0.398. The summed E-state index contributed by atoms with van der Waals surface area (Å²) in [6, 6.07) is 5.73. The van der Waals surface area contributed by atoms with E-state index < -0.39 is 5.60 Å². The molecule has 1 aliphatic rings. The molecule has 1 unspecified atom stereocenters. The lowest BCUT2D eigenvalue weighted by atomic mass is 10.1. The summed E-state index contributed by atoms with van der Waals surface area (Å²) in [7, 11) is 0. The van der Waals surface area contributed by atoms with Crippen molar-refractivity contribution >= 4 is 6.09 Å². The monoisotopic (exact) mass is 302 g/mol. The van der Waals surface area contributed by atoms with Crippen molar-refractivity contribution < 1.29 is 9.53 Å². The van der Waals surface area contributed by atoms with Crippen LogP contribution in [0.1, 0.15) is 32.4 Å². The predicted octanol–water partition coefficient (Wildman–Crippen LogP) is 2.20. The molecule has 0 bridgehead atoms. The topological polar surface area (TPSA) is 69.5 Å². The molecule has 1 aliphatic heterocycles. The van der Waals surface area contributed by atoms with Gasteiger partial charge in [0.15, 0.2) is 0 Å². The van der Waals surface area contributed by atoms with Crippen LogP contribution < -0.4 is 0 Å². The van der Waals surface area contributed by atoms with Gasteiger partial charge in [-0.05, 0) is 26.8 Å². The lowest BCUT2D eigenvalue weighted by Gasteiger charge is -2.37. The number of nitriles is 1. The highest BCUT2D eigenvalue weighted by atomic mass is 16.6. The number of ether oxygens (including phenoxy) is 1. The number of piperazine rings is 1.